The van der Waals surface area contributed by atoms with E-state index in [-0.39, 0.29) is 6.42 Å². The van der Waals surface area contributed by atoms with Gasteiger partial charge in [0, 0.05) is 48.2 Å². The van der Waals surface area contributed by atoms with Gasteiger partial charge in [-0.25, -0.2) is 0 Å². The summed E-state index contributed by atoms with van der Waals surface area (Å²) in [6.45, 7) is 3.87. The van der Waals surface area contributed by atoms with Gasteiger partial charge in [0.15, 0.2) is 0 Å². The molecule has 0 unspecified atom stereocenters. The number of H-pyrrole nitrogens is 1. The summed E-state index contributed by atoms with van der Waals surface area (Å²) in [6.07, 6.45) is -4.45. The van der Waals surface area contributed by atoms with Gasteiger partial charge in [0.1, 0.15) is 0 Å². The molecule has 0 bridgehead atoms. The summed E-state index contributed by atoms with van der Waals surface area (Å²) in [5, 5.41) is 1.80. The number of nitrogens with one attached hydrogen (secondary N) is 1. The Morgan fingerprint density at radius 1 is 0.971 bits per heavy atom. The highest BCUT2D eigenvalue weighted by Gasteiger charge is 2.30. The van der Waals surface area contributed by atoms with Crippen LogP contribution in [0.5, 0.6) is 0 Å². The molecule has 1 aliphatic heterocycles. The van der Waals surface area contributed by atoms with Crippen LogP contribution in [0.2, 0.25) is 0 Å². The number of primary amides is 1. The number of likely N-dealkylation sites (N-methyl/N-ethyl adjacent to an activating group) is 1. The van der Waals surface area contributed by atoms with Crippen molar-refractivity contribution in [3.8, 4) is 11.1 Å². The molecule has 1 aromatic heterocycles. The van der Waals surface area contributed by atoms with E-state index in [1.807, 2.05) is 12.1 Å². The van der Waals surface area contributed by atoms with Crippen LogP contribution in [-0.4, -0.2) is 49.0 Å². The van der Waals surface area contributed by atoms with Crippen LogP contribution in [-0.2, 0) is 17.4 Å². The second-order valence-electron chi connectivity index (χ2n) is 8.92. The van der Waals surface area contributed by atoms with Crippen molar-refractivity contribution in [1.82, 2.24) is 9.88 Å². The first-order valence-corrected chi connectivity index (χ1v) is 11.2. The van der Waals surface area contributed by atoms with Gasteiger partial charge in [-0.05, 0) is 60.1 Å². The number of aromatic amines is 1. The van der Waals surface area contributed by atoms with Crippen molar-refractivity contribution < 1.29 is 18.0 Å². The third-order valence-electron chi connectivity index (χ3n) is 6.53. The van der Waals surface area contributed by atoms with E-state index in [9.17, 15) is 18.0 Å². The van der Waals surface area contributed by atoms with Crippen LogP contribution in [0.4, 0.5) is 18.9 Å². The molecule has 1 amide bonds. The number of nitrogens with two attached hydrogens (primary N) is 1. The van der Waals surface area contributed by atoms with E-state index < -0.39 is 17.6 Å². The van der Waals surface area contributed by atoms with Gasteiger partial charge in [-0.15, -0.1) is 0 Å². The summed E-state index contributed by atoms with van der Waals surface area (Å²) in [7, 11) is 2.11. The van der Waals surface area contributed by atoms with Gasteiger partial charge < -0.3 is 20.5 Å². The largest absolute Gasteiger partial charge is 0.416 e. The Balaban J connectivity index is 1.64. The fourth-order valence-electron chi connectivity index (χ4n) is 4.70. The molecule has 0 radical (unpaired) electrons. The Labute approximate surface area is 194 Å². The monoisotopic (exact) mass is 466 g/mol. The number of carbonyl (C=O) groups excluding carboxylic acids is 1. The van der Waals surface area contributed by atoms with Crippen molar-refractivity contribution in [2.24, 2.45) is 5.73 Å². The Morgan fingerprint density at radius 3 is 2.44 bits per heavy atom. The molecule has 0 spiro atoms. The summed E-state index contributed by atoms with van der Waals surface area (Å²) in [4.78, 5) is 19.9. The van der Waals surface area contributed by atoms with E-state index in [0.29, 0.717) is 16.7 Å². The first-order chi connectivity index (χ1) is 16.2. The highest BCUT2D eigenvalue weighted by molar-refractivity contribution is 6.11. The standard InChI is InChI=1S/C26H25F3N4O/c1-32-7-9-33(10-8-32)20-5-6-21-22-13-17(16-3-2-4-19(12-16)26(27,28)29)11-18(14-24(30)34)25(22)31-23(21)15-20/h2-6,11-13,15,31H,7-10,14H2,1H3,(H2,30,34). The van der Waals surface area contributed by atoms with Crippen molar-refractivity contribution in [2.75, 3.05) is 38.1 Å². The van der Waals surface area contributed by atoms with Crippen LogP contribution < -0.4 is 10.6 Å². The fourth-order valence-corrected chi connectivity index (χ4v) is 4.70. The molecule has 0 atom stereocenters. The molecule has 8 heteroatoms. The van der Waals surface area contributed by atoms with Gasteiger partial charge in [0.05, 0.1) is 17.5 Å². The highest BCUT2D eigenvalue weighted by Crippen LogP contribution is 2.37. The molecule has 2 heterocycles. The molecule has 34 heavy (non-hydrogen) atoms. The number of hydrogen-bond acceptors (Lipinski definition) is 3. The zero-order valence-electron chi connectivity index (χ0n) is 18.7. The first-order valence-electron chi connectivity index (χ1n) is 11.2. The van der Waals surface area contributed by atoms with Gasteiger partial charge in [-0.2, -0.15) is 13.2 Å². The summed E-state index contributed by atoms with van der Waals surface area (Å²) in [6, 6.07) is 15.1. The summed E-state index contributed by atoms with van der Waals surface area (Å²) < 4.78 is 39.9. The van der Waals surface area contributed by atoms with E-state index in [2.05, 4.69) is 34.0 Å². The summed E-state index contributed by atoms with van der Waals surface area (Å²) in [5.41, 5.74) is 9.30. The molecule has 0 saturated carbocycles. The number of carbonyl (C=O) groups is 1. The Bertz CT molecular complexity index is 1380. The molecule has 5 rings (SSSR count). The molecular weight excluding hydrogens is 441 g/mol. The quantitative estimate of drug-likeness (QED) is 0.455. The van der Waals surface area contributed by atoms with Crippen molar-refractivity contribution in [1.29, 1.82) is 0 Å². The number of nitrogens with zero attached hydrogens (tertiary/aromatic N) is 2. The first kappa shape index (κ1) is 22.3. The maximum Gasteiger partial charge on any atom is 0.416 e. The van der Waals surface area contributed by atoms with E-state index in [0.717, 1.165) is 65.8 Å². The van der Waals surface area contributed by atoms with E-state index in [1.165, 1.54) is 6.07 Å². The Kier molecular flexibility index (Phi) is 5.48. The van der Waals surface area contributed by atoms with Gasteiger partial charge in [-0.1, -0.05) is 18.2 Å². The SMILES string of the molecule is CN1CCN(c2ccc3c(c2)[nH]c2c(CC(N)=O)cc(-c4cccc(C(F)(F)F)c4)cc23)CC1. The van der Waals surface area contributed by atoms with Crippen LogP contribution in [0.1, 0.15) is 11.1 Å². The zero-order chi connectivity index (χ0) is 24.0. The average Bonchev–Trinajstić information content (AvgIpc) is 3.17. The lowest BCUT2D eigenvalue weighted by molar-refractivity contribution is -0.137. The van der Waals surface area contributed by atoms with E-state index in [4.69, 9.17) is 5.73 Å². The van der Waals surface area contributed by atoms with Gasteiger partial charge >= 0.3 is 6.18 Å². The molecule has 1 saturated heterocycles. The lowest BCUT2D eigenvalue weighted by atomic mass is 9.96. The molecule has 176 valence electrons. The number of anilines is 1. The number of benzene rings is 3. The third-order valence-corrected chi connectivity index (χ3v) is 6.53. The highest BCUT2D eigenvalue weighted by atomic mass is 19.4. The number of halogens is 3. The topological polar surface area (TPSA) is 65.4 Å². The second-order valence-corrected chi connectivity index (χ2v) is 8.92. The van der Waals surface area contributed by atoms with Crippen LogP contribution in [0.15, 0.2) is 54.6 Å². The molecule has 0 aliphatic carbocycles. The molecule has 3 N–H and O–H groups in total. The molecule has 3 aromatic carbocycles. The minimum Gasteiger partial charge on any atom is -0.369 e. The molecule has 1 aliphatic rings. The predicted octanol–water partition coefficient (Wildman–Crippen LogP) is 4.79. The number of hydrogen-bond donors (Lipinski definition) is 2. The summed E-state index contributed by atoms with van der Waals surface area (Å²) in [5.74, 6) is -0.501. The fraction of sp³-hybridized carbons (Fsp3) is 0.269. The van der Waals surface area contributed by atoms with Crippen LogP contribution >= 0.6 is 0 Å². The van der Waals surface area contributed by atoms with Crippen LogP contribution in [0.25, 0.3) is 32.9 Å². The van der Waals surface area contributed by atoms with Crippen molar-refractivity contribution in [3.63, 3.8) is 0 Å². The number of fused-ring (bicyclic) bond motifs is 3. The normalized spacial score (nSPS) is 15.4. The number of rotatable bonds is 4. The van der Waals surface area contributed by atoms with Crippen molar-refractivity contribution >= 4 is 33.4 Å². The summed E-state index contributed by atoms with van der Waals surface area (Å²) >= 11 is 0. The smallest absolute Gasteiger partial charge is 0.369 e. The van der Waals surface area contributed by atoms with E-state index >= 15 is 0 Å². The average molecular weight is 467 g/mol. The van der Waals surface area contributed by atoms with Crippen LogP contribution in [0.3, 0.4) is 0 Å². The molecule has 4 aromatic rings. The molecule has 5 nitrogen and oxygen atoms in total. The van der Waals surface area contributed by atoms with Gasteiger partial charge in [0.2, 0.25) is 5.91 Å². The Hall–Kier alpha value is -3.52. The zero-order valence-corrected chi connectivity index (χ0v) is 18.7. The minimum absolute atomic E-state index is 0.0125. The maximum atomic E-state index is 13.3. The molecular formula is C26H25F3N4O. The number of aromatic nitrogens is 1. The van der Waals surface area contributed by atoms with Crippen LogP contribution in [0, 0.1) is 0 Å². The Morgan fingerprint density at radius 2 is 1.74 bits per heavy atom. The number of piperazine rings is 1. The predicted molar refractivity (Wildman–Crippen MR) is 129 cm³/mol. The third kappa shape index (κ3) is 4.21. The maximum absolute atomic E-state index is 13.3. The molecule has 1 fully saturated rings. The van der Waals surface area contributed by atoms with E-state index in [1.54, 1.807) is 12.1 Å². The van der Waals surface area contributed by atoms with Crippen molar-refractivity contribution in [2.45, 2.75) is 12.6 Å². The lowest BCUT2D eigenvalue weighted by Crippen LogP contribution is -2.44. The second kappa shape index (κ2) is 8.36. The van der Waals surface area contributed by atoms with Gasteiger partial charge in [0.25, 0.3) is 0 Å². The number of alkyl halides is 3. The van der Waals surface area contributed by atoms with Gasteiger partial charge in [-0.3, -0.25) is 4.79 Å². The number of amides is 1. The minimum atomic E-state index is -4.43. The van der Waals surface area contributed by atoms with Crippen molar-refractivity contribution in [3.05, 3.63) is 65.7 Å². The lowest BCUT2D eigenvalue weighted by Gasteiger charge is -2.34.